The van der Waals surface area contributed by atoms with E-state index < -0.39 is 0 Å². The molecule has 5 heteroatoms. The highest BCUT2D eigenvalue weighted by Gasteiger charge is 2.24. The normalized spacial score (nSPS) is 20.4. The van der Waals surface area contributed by atoms with Crippen molar-refractivity contribution in [1.82, 2.24) is 4.90 Å². The first-order chi connectivity index (χ1) is 8.09. The van der Waals surface area contributed by atoms with Crippen LogP contribution in [-0.4, -0.2) is 36.6 Å². The molecular formula is C12H15BrN2O2. The molecule has 92 valence electrons. The minimum Gasteiger partial charge on any atom is -0.398 e. The summed E-state index contributed by atoms with van der Waals surface area (Å²) in [6.07, 6.45) is 0. The van der Waals surface area contributed by atoms with Gasteiger partial charge in [0.05, 0.1) is 19.3 Å². The molecule has 1 fully saturated rings. The Morgan fingerprint density at radius 2 is 2.35 bits per heavy atom. The summed E-state index contributed by atoms with van der Waals surface area (Å²) in [5, 5.41) is 0. The molecule has 1 saturated heterocycles. The molecule has 0 aromatic heterocycles. The largest absolute Gasteiger partial charge is 0.398 e. The first kappa shape index (κ1) is 12.4. The molecule has 1 heterocycles. The lowest BCUT2D eigenvalue weighted by atomic mass is 10.1. The van der Waals surface area contributed by atoms with Gasteiger partial charge in [-0.25, -0.2) is 0 Å². The predicted molar refractivity (Wildman–Crippen MR) is 69.9 cm³/mol. The van der Waals surface area contributed by atoms with Gasteiger partial charge in [-0.15, -0.1) is 0 Å². The molecule has 1 unspecified atom stereocenters. The molecule has 0 radical (unpaired) electrons. The number of carbonyl (C=O) groups is 1. The molecule has 17 heavy (non-hydrogen) atoms. The number of carbonyl (C=O) groups excluding carboxylic acids is 1. The van der Waals surface area contributed by atoms with Crippen molar-refractivity contribution in [3.8, 4) is 0 Å². The number of ether oxygens (including phenoxy) is 1. The summed E-state index contributed by atoms with van der Waals surface area (Å²) in [7, 11) is 0. The minimum absolute atomic E-state index is 0.0139. The highest BCUT2D eigenvalue weighted by atomic mass is 79.9. The Balaban J connectivity index is 2.21. The number of hydrogen-bond acceptors (Lipinski definition) is 3. The zero-order valence-electron chi connectivity index (χ0n) is 9.65. The summed E-state index contributed by atoms with van der Waals surface area (Å²) in [4.78, 5) is 14.1. The van der Waals surface area contributed by atoms with Crippen LogP contribution in [0.2, 0.25) is 0 Å². The summed E-state index contributed by atoms with van der Waals surface area (Å²) in [6, 6.07) is 5.40. The second-order valence-corrected chi connectivity index (χ2v) is 5.01. The van der Waals surface area contributed by atoms with Crippen LogP contribution in [0.3, 0.4) is 0 Å². The van der Waals surface area contributed by atoms with Crippen LogP contribution < -0.4 is 5.73 Å². The lowest BCUT2D eigenvalue weighted by Gasteiger charge is -2.33. The van der Waals surface area contributed by atoms with Crippen LogP contribution >= 0.6 is 15.9 Å². The molecule has 2 N–H and O–H groups in total. The van der Waals surface area contributed by atoms with Gasteiger partial charge in [0.25, 0.3) is 5.91 Å². The van der Waals surface area contributed by atoms with Crippen molar-refractivity contribution >= 4 is 27.5 Å². The maximum Gasteiger partial charge on any atom is 0.254 e. The number of nitrogens with zero attached hydrogens (tertiary/aromatic N) is 1. The zero-order chi connectivity index (χ0) is 12.4. The van der Waals surface area contributed by atoms with Gasteiger partial charge in [-0.05, 0) is 41.1 Å². The Morgan fingerprint density at radius 1 is 1.59 bits per heavy atom. The maximum atomic E-state index is 12.3. The fourth-order valence-corrected chi connectivity index (χ4v) is 2.12. The van der Waals surface area contributed by atoms with E-state index in [2.05, 4.69) is 15.9 Å². The highest BCUT2D eigenvalue weighted by molar-refractivity contribution is 9.10. The van der Waals surface area contributed by atoms with Gasteiger partial charge in [-0.1, -0.05) is 0 Å². The van der Waals surface area contributed by atoms with E-state index in [1.54, 1.807) is 18.2 Å². The van der Waals surface area contributed by atoms with Crippen LogP contribution in [0.15, 0.2) is 22.7 Å². The fraction of sp³-hybridized carbons (Fsp3) is 0.417. The second-order valence-electron chi connectivity index (χ2n) is 4.16. The number of morpholine rings is 1. The van der Waals surface area contributed by atoms with Gasteiger partial charge >= 0.3 is 0 Å². The van der Waals surface area contributed by atoms with Gasteiger partial charge in [0.1, 0.15) is 0 Å². The topological polar surface area (TPSA) is 55.6 Å². The third kappa shape index (κ3) is 2.61. The number of benzene rings is 1. The number of anilines is 1. The Hall–Kier alpha value is -1.07. The fourth-order valence-electron chi connectivity index (χ4n) is 1.87. The Morgan fingerprint density at radius 3 is 3.00 bits per heavy atom. The third-order valence-corrected chi connectivity index (χ3v) is 3.59. The first-order valence-corrected chi connectivity index (χ1v) is 6.32. The average molecular weight is 299 g/mol. The summed E-state index contributed by atoms with van der Waals surface area (Å²) in [5.41, 5.74) is 6.99. The summed E-state index contributed by atoms with van der Waals surface area (Å²) < 4.78 is 6.12. The summed E-state index contributed by atoms with van der Waals surface area (Å²) in [5.74, 6) is 0.0139. The molecule has 0 bridgehead atoms. The van der Waals surface area contributed by atoms with E-state index in [0.717, 1.165) is 4.47 Å². The second kappa shape index (κ2) is 5.06. The van der Waals surface area contributed by atoms with Crippen molar-refractivity contribution in [2.24, 2.45) is 0 Å². The number of rotatable bonds is 1. The van der Waals surface area contributed by atoms with Gasteiger partial charge in [0.15, 0.2) is 0 Å². The lowest BCUT2D eigenvalue weighted by molar-refractivity contribution is 0.00360. The molecule has 2 rings (SSSR count). The molecule has 0 aliphatic carbocycles. The van der Waals surface area contributed by atoms with Crippen molar-refractivity contribution in [2.45, 2.75) is 13.0 Å². The summed E-state index contributed by atoms with van der Waals surface area (Å²) >= 11 is 3.32. The van der Waals surface area contributed by atoms with Crippen LogP contribution in [0.1, 0.15) is 17.3 Å². The van der Waals surface area contributed by atoms with E-state index in [0.29, 0.717) is 31.0 Å². The van der Waals surface area contributed by atoms with E-state index in [1.807, 2.05) is 11.8 Å². The van der Waals surface area contributed by atoms with Crippen molar-refractivity contribution in [3.63, 3.8) is 0 Å². The molecule has 0 saturated carbocycles. The number of halogens is 1. The minimum atomic E-state index is 0.0139. The van der Waals surface area contributed by atoms with Crippen LogP contribution in [0.25, 0.3) is 0 Å². The Kier molecular flexibility index (Phi) is 3.69. The molecule has 1 aromatic carbocycles. The first-order valence-electron chi connectivity index (χ1n) is 5.53. The van der Waals surface area contributed by atoms with E-state index in [1.165, 1.54) is 0 Å². The third-order valence-electron chi connectivity index (χ3n) is 2.87. The number of hydrogen-bond donors (Lipinski definition) is 1. The Bertz CT molecular complexity index is 437. The van der Waals surface area contributed by atoms with E-state index in [9.17, 15) is 4.79 Å². The van der Waals surface area contributed by atoms with Gasteiger partial charge in [-0.2, -0.15) is 0 Å². The smallest absolute Gasteiger partial charge is 0.254 e. The highest BCUT2D eigenvalue weighted by Crippen LogP contribution is 2.22. The maximum absolute atomic E-state index is 12.3. The van der Waals surface area contributed by atoms with Crippen LogP contribution in [0, 0.1) is 0 Å². The number of nitrogens with two attached hydrogens (primary N) is 1. The van der Waals surface area contributed by atoms with E-state index in [-0.39, 0.29) is 11.9 Å². The van der Waals surface area contributed by atoms with Gasteiger partial charge in [0.2, 0.25) is 0 Å². The molecule has 1 amide bonds. The molecule has 0 spiro atoms. The van der Waals surface area contributed by atoms with Crippen LogP contribution in [-0.2, 0) is 4.74 Å². The summed E-state index contributed by atoms with van der Waals surface area (Å²) in [6.45, 7) is 3.81. The molecular weight excluding hydrogens is 284 g/mol. The quantitative estimate of drug-likeness (QED) is 0.806. The monoisotopic (exact) mass is 298 g/mol. The van der Waals surface area contributed by atoms with Gasteiger partial charge in [-0.3, -0.25) is 4.79 Å². The SMILES string of the molecule is CC1COCCN1C(=O)c1ccc(Br)c(N)c1. The molecule has 4 nitrogen and oxygen atoms in total. The van der Waals surface area contributed by atoms with Gasteiger partial charge in [0, 0.05) is 22.3 Å². The zero-order valence-corrected chi connectivity index (χ0v) is 11.2. The molecule has 1 atom stereocenters. The van der Waals surface area contributed by atoms with Gasteiger partial charge < -0.3 is 15.4 Å². The van der Waals surface area contributed by atoms with Crippen LogP contribution in [0.4, 0.5) is 5.69 Å². The van der Waals surface area contributed by atoms with Crippen molar-refractivity contribution in [2.75, 3.05) is 25.5 Å². The van der Waals surface area contributed by atoms with Crippen molar-refractivity contribution in [3.05, 3.63) is 28.2 Å². The van der Waals surface area contributed by atoms with Crippen molar-refractivity contribution in [1.29, 1.82) is 0 Å². The average Bonchev–Trinajstić information content (AvgIpc) is 2.32. The lowest BCUT2D eigenvalue weighted by Crippen LogP contribution is -2.47. The molecule has 1 aliphatic heterocycles. The number of amides is 1. The predicted octanol–water partition coefficient (Wildman–Crippen LogP) is 1.89. The Labute approximate surface area is 109 Å². The number of nitrogen functional groups attached to an aromatic ring is 1. The van der Waals surface area contributed by atoms with E-state index >= 15 is 0 Å². The van der Waals surface area contributed by atoms with Crippen LogP contribution in [0.5, 0.6) is 0 Å². The van der Waals surface area contributed by atoms with E-state index in [4.69, 9.17) is 10.5 Å². The standard InChI is InChI=1S/C12H15BrN2O2/c1-8-7-17-5-4-15(8)12(16)9-2-3-10(13)11(14)6-9/h2-3,6,8H,4-5,7,14H2,1H3. The molecule has 1 aliphatic rings. The van der Waals surface area contributed by atoms with Crippen molar-refractivity contribution < 1.29 is 9.53 Å². The molecule has 1 aromatic rings.